The van der Waals surface area contributed by atoms with Crippen LogP contribution in [0.15, 0.2) is 36.4 Å². The number of rotatable bonds is 1. The second kappa shape index (κ2) is 4.31. The lowest BCUT2D eigenvalue weighted by Gasteiger charge is -2.08. The van der Waals surface area contributed by atoms with Crippen LogP contribution in [0.5, 0.6) is 0 Å². The van der Waals surface area contributed by atoms with Gasteiger partial charge >= 0.3 is 0 Å². The van der Waals surface area contributed by atoms with E-state index >= 15 is 0 Å². The summed E-state index contributed by atoms with van der Waals surface area (Å²) in [4.78, 5) is 3.19. The molecule has 96 valence electrons. The minimum absolute atomic E-state index is 0.233. The first-order valence-corrected chi connectivity index (χ1v) is 6.45. The number of hydrogen-bond donors (Lipinski definition) is 1. The van der Waals surface area contributed by atoms with E-state index in [9.17, 15) is 4.39 Å². The first-order valence-electron chi connectivity index (χ1n) is 6.04. The molecule has 2 nitrogen and oxygen atoms in total. The predicted octanol–water partition coefficient (Wildman–Crippen LogP) is 4.44. The number of fused-ring (bicyclic) bond motifs is 1. The van der Waals surface area contributed by atoms with Crippen LogP contribution in [0.3, 0.4) is 0 Å². The molecule has 1 aromatic heterocycles. The van der Waals surface area contributed by atoms with E-state index < -0.39 is 0 Å². The van der Waals surface area contributed by atoms with Crippen LogP contribution < -0.4 is 0 Å². The molecule has 0 aliphatic rings. The molecule has 0 fully saturated rings. The Kier molecular flexibility index (Phi) is 2.75. The van der Waals surface area contributed by atoms with Crippen LogP contribution in [-0.4, -0.2) is 9.55 Å². The average Bonchev–Trinajstić information content (AvgIpc) is 2.65. The summed E-state index contributed by atoms with van der Waals surface area (Å²) in [5.74, 6) is -0.233. The van der Waals surface area contributed by atoms with Gasteiger partial charge in [0.25, 0.3) is 0 Å². The van der Waals surface area contributed by atoms with Crippen LogP contribution in [0.1, 0.15) is 11.1 Å². The average molecular weight is 272 g/mol. The lowest BCUT2D eigenvalue weighted by Crippen LogP contribution is -1.97. The fourth-order valence-electron chi connectivity index (χ4n) is 2.33. The number of hydrogen-bond acceptors (Lipinski definition) is 1. The van der Waals surface area contributed by atoms with Crippen molar-refractivity contribution in [3.8, 4) is 5.69 Å². The van der Waals surface area contributed by atoms with Gasteiger partial charge in [0.15, 0.2) is 4.77 Å². The standard InChI is InChI=1S/C15H13FN2S/c1-9-3-5-14-12(7-9)17-15(19)18(14)13-6-4-11(16)8-10(13)2/h3-8H,1-2H3,(H,17,19). The van der Waals surface area contributed by atoms with E-state index in [4.69, 9.17) is 12.2 Å². The summed E-state index contributed by atoms with van der Waals surface area (Å²) in [6.45, 7) is 3.92. The van der Waals surface area contributed by atoms with Crippen molar-refractivity contribution in [2.75, 3.05) is 0 Å². The van der Waals surface area contributed by atoms with Gasteiger partial charge in [0.2, 0.25) is 0 Å². The Morgan fingerprint density at radius 1 is 1.11 bits per heavy atom. The van der Waals surface area contributed by atoms with E-state index in [1.807, 2.05) is 30.5 Å². The molecule has 1 heterocycles. The highest BCUT2D eigenvalue weighted by Gasteiger charge is 2.09. The third-order valence-electron chi connectivity index (χ3n) is 3.24. The highest BCUT2D eigenvalue weighted by Crippen LogP contribution is 2.23. The SMILES string of the molecule is Cc1ccc2c(c1)[nH]c(=S)n2-c1ccc(F)cc1C. The van der Waals surface area contributed by atoms with E-state index in [1.165, 1.54) is 17.7 Å². The number of nitrogens with one attached hydrogen (secondary N) is 1. The number of benzene rings is 2. The number of imidazole rings is 1. The molecule has 3 aromatic rings. The van der Waals surface area contributed by atoms with Gasteiger partial charge < -0.3 is 4.98 Å². The summed E-state index contributed by atoms with van der Waals surface area (Å²) in [6, 6.07) is 10.9. The maximum atomic E-state index is 13.2. The highest BCUT2D eigenvalue weighted by molar-refractivity contribution is 7.71. The molecule has 0 spiro atoms. The van der Waals surface area contributed by atoms with Crippen molar-refractivity contribution in [2.24, 2.45) is 0 Å². The minimum atomic E-state index is -0.233. The number of aromatic nitrogens is 2. The summed E-state index contributed by atoms with van der Waals surface area (Å²) < 4.78 is 15.8. The van der Waals surface area contributed by atoms with Gasteiger partial charge in [-0.05, 0) is 67.5 Å². The smallest absolute Gasteiger partial charge is 0.182 e. The van der Waals surface area contributed by atoms with Crippen molar-refractivity contribution < 1.29 is 4.39 Å². The van der Waals surface area contributed by atoms with Gasteiger partial charge in [-0.25, -0.2) is 4.39 Å². The normalized spacial score (nSPS) is 11.1. The Bertz CT molecular complexity index is 830. The van der Waals surface area contributed by atoms with Crippen molar-refractivity contribution in [1.82, 2.24) is 9.55 Å². The van der Waals surface area contributed by atoms with Crippen LogP contribution in [0.25, 0.3) is 16.7 Å². The molecule has 0 aliphatic carbocycles. The lowest BCUT2D eigenvalue weighted by molar-refractivity contribution is 0.626. The molecule has 3 rings (SSSR count). The summed E-state index contributed by atoms with van der Waals surface area (Å²) in [5.41, 5.74) is 4.94. The maximum absolute atomic E-state index is 13.2. The van der Waals surface area contributed by atoms with Gasteiger partial charge in [-0.15, -0.1) is 0 Å². The Morgan fingerprint density at radius 2 is 1.89 bits per heavy atom. The molecule has 0 unspecified atom stereocenters. The predicted molar refractivity (Wildman–Crippen MR) is 77.9 cm³/mol. The van der Waals surface area contributed by atoms with E-state index in [2.05, 4.69) is 11.1 Å². The van der Waals surface area contributed by atoms with Crippen molar-refractivity contribution in [2.45, 2.75) is 13.8 Å². The van der Waals surface area contributed by atoms with Gasteiger partial charge in [-0.3, -0.25) is 4.57 Å². The zero-order chi connectivity index (χ0) is 13.6. The molecular formula is C15H13FN2S. The molecule has 1 N–H and O–H groups in total. The van der Waals surface area contributed by atoms with E-state index in [-0.39, 0.29) is 5.82 Å². The van der Waals surface area contributed by atoms with Crippen molar-refractivity contribution in [3.63, 3.8) is 0 Å². The summed E-state index contributed by atoms with van der Waals surface area (Å²) in [7, 11) is 0. The van der Waals surface area contributed by atoms with Crippen LogP contribution >= 0.6 is 12.2 Å². The summed E-state index contributed by atoms with van der Waals surface area (Å²) in [5, 5.41) is 0. The molecule has 0 bridgehead atoms. The maximum Gasteiger partial charge on any atom is 0.182 e. The van der Waals surface area contributed by atoms with Crippen LogP contribution in [0, 0.1) is 24.4 Å². The molecule has 2 aromatic carbocycles. The largest absolute Gasteiger partial charge is 0.330 e. The Hall–Kier alpha value is -1.94. The van der Waals surface area contributed by atoms with Gasteiger partial charge in [0.05, 0.1) is 16.7 Å². The monoisotopic (exact) mass is 272 g/mol. The van der Waals surface area contributed by atoms with Gasteiger partial charge in [-0.1, -0.05) is 6.07 Å². The molecular weight excluding hydrogens is 259 g/mol. The first-order chi connectivity index (χ1) is 9.06. The zero-order valence-corrected chi connectivity index (χ0v) is 11.5. The molecule has 0 saturated carbocycles. The number of aromatic amines is 1. The zero-order valence-electron chi connectivity index (χ0n) is 10.7. The summed E-state index contributed by atoms with van der Waals surface area (Å²) in [6.07, 6.45) is 0. The third kappa shape index (κ3) is 1.98. The van der Waals surface area contributed by atoms with E-state index in [0.29, 0.717) is 4.77 Å². The quantitative estimate of drug-likeness (QED) is 0.649. The van der Waals surface area contributed by atoms with E-state index in [0.717, 1.165) is 22.3 Å². The molecule has 0 saturated heterocycles. The second-order valence-electron chi connectivity index (χ2n) is 4.72. The number of nitrogens with zero attached hydrogens (tertiary/aromatic N) is 1. The Labute approximate surface area is 115 Å². The Morgan fingerprint density at radius 3 is 2.63 bits per heavy atom. The van der Waals surface area contributed by atoms with Gasteiger partial charge in [0, 0.05) is 0 Å². The molecule has 4 heteroatoms. The molecule has 19 heavy (non-hydrogen) atoms. The lowest BCUT2D eigenvalue weighted by atomic mass is 10.2. The molecule has 0 atom stereocenters. The van der Waals surface area contributed by atoms with Gasteiger partial charge in [-0.2, -0.15) is 0 Å². The fraction of sp³-hybridized carbons (Fsp3) is 0.133. The minimum Gasteiger partial charge on any atom is -0.330 e. The summed E-state index contributed by atoms with van der Waals surface area (Å²) >= 11 is 5.38. The van der Waals surface area contributed by atoms with Crippen LogP contribution in [0.4, 0.5) is 4.39 Å². The van der Waals surface area contributed by atoms with Crippen molar-refractivity contribution in [1.29, 1.82) is 0 Å². The van der Waals surface area contributed by atoms with Crippen molar-refractivity contribution >= 4 is 23.3 Å². The van der Waals surface area contributed by atoms with Gasteiger partial charge in [0.1, 0.15) is 5.82 Å². The van der Waals surface area contributed by atoms with Crippen LogP contribution in [-0.2, 0) is 0 Å². The molecule has 0 amide bonds. The molecule has 0 radical (unpaired) electrons. The van der Waals surface area contributed by atoms with Crippen molar-refractivity contribution in [3.05, 3.63) is 58.1 Å². The van der Waals surface area contributed by atoms with Crippen LogP contribution in [0.2, 0.25) is 0 Å². The fourth-order valence-corrected chi connectivity index (χ4v) is 2.64. The number of H-pyrrole nitrogens is 1. The Balaban J connectivity index is 2.36. The number of halogens is 1. The highest BCUT2D eigenvalue weighted by atomic mass is 32.1. The van der Waals surface area contributed by atoms with E-state index in [1.54, 1.807) is 6.07 Å². The molecule has 0 aliphatic heterocycles. The third-order valence-corrected chi connectivity index (χ3v) is 3.52. The topological polar surface area (TPSA) is 20.7 Å². The number of aryl methyl sites for hydroxylation is 2. The first kappa shape index (κ1) is 12.1. The second-order valence-corrected chi connectivity index (χ2v) is 5.10.